The van der Waals surface area contributed by atoms with Crippen molar-refractivity contribution in [3.05, 3.63) is 34.3 Å². The highest BCUT2D eigenvalue weighted by atomic mass is 35.5. The molecule has 0 spiro atoms. The highest BCUT2D eigenvalue weighted by molar-refractivity contribution is 7.76. The molecule has 1 aromatic carbocycles. The summed E-state index contributed by atoms with van der Waals surface area (Å²) in [5.74, 6) is -2.66. The fourth-order valence-electron chi connectivity index (χ4n) is 2.55. The van der Waals surface area contributed by atoms with Crippen molar-refractivity contribution in [3.8, 4) is 0 Å². The smallest absolute Gasteiger partial charge is 0.387 e. The zero-order chi connectivity index (χ0) is 18.4. The third kappa shape index (κ3) is 3.33. The van der Waals surface area contributed by atoms with Crippen LogP contribution in [0.2, 0.25) is 5.02 Å². The first-order valence-corrected chi connectivity index (χ1v) is 8.75. The molecule has 1 unspecified atom stereocenters. The lowest BCUT2D eigenvalue weighted by molar-refractivity contribution is -0.346. The highest BCUT2D eigenvalue weighted by Crippen LogP contribution is 2.50. The predicted octanol–water partition coefficient (Wildman–Crippen LogP) is -1.46. The lowest BCUT2D eigenvalue weighted by Gasteiger charge is -2.45. The maximum atomic E-state index is 11.8. The van der Waals surface area contributed by atoms with Gasteiger partial charge in [-0.2, -0.15) is 14.7 Å². The quantitative estimate of drug-likeness (QED) is 0.308. The van der Waals surface area contributed by atoms with E-state index >= 15 is 0 Å². The SMILES string of the molecule is Cc1cc(Cl)ccc1C1(O)O[C@H](C(=O)[P+](O)(O)O)[C@@H](O)[C@H](O)[C@@H]1O. The van der Waals surface area contributed by atoms with E-state index in [4.69, 9.17) is 31.0 Å². The van der Waals surface area contributed by atoms with E-state index in [0.717, 1.165) is 0 Å². The van der Waals surface area contributed by atoms with Crippen LogP contribution in [0.15, 0.2) is 18.2 Å². The second-order valence-electron chi connectivity index (χ2n) is 5.53. The average Bonchev–Trinajstić information content (AvgIpc) is 2.47. The van der Waals surface area contributed by atoms with E-state index in [1.807, 2.05) is 0 Å². The molecule has 9 nitrogen and oxygen atoms in total. The molecule has 11 heteroatoms. The number of rotatable bonds is 3. The Morgan fingerprint density at radius 1 is 1.21 bits per heavy atom. The predicted molar refractivity (Wildman–Crippen MR) is 81.6 cm³/mol. The van der Waals surface area contributed by atoms with Gasteiger partial charge in [-0.1, -0.05) is 17.7 Å². The van der Waals surface area contributed by atoms with Crippen molar-refractivity contribution in [2.24, 2.45) is 0 Å². The Hall–Kier alpha value is -0.710. The molecule has 5 atom stereocenters. The van der Waals surface area contributed by atoms with Crippen LogP contribution in [0.5, 0.6) is 0 Å². The molecule has 0 amide bonds. The number of halogens is 1. The van der Waals surface area contributed by atoms with Crippen LogP contribution >= 0.6 is 19.5 Å². The summed E-state index contributed by atoms with van der Waals surface area (Å²) < 4.78 is 5.01. The molecule has 7 N–H and O–H groups in total. The summed E-state index contributed by atoms with van der Waals surface area (Å²) in [5, 5.41) is 40.9. The normalized spacial score (nSPS) is 34.2. The third-order valence-corrected chi connectivity index (χ3v) is 4.89. The first-order valence-electron chi connectivity index (χ1n) is 6.72. The van der Waals surface area contributed by atoms with E-state index in [1.54, 1.807) is 0 Å². The van der Waals surface area contributed by atoms with Crippen LogP contribution in [0.25, 0.3) is 0 Å². The van der Waals surface area contributed by atoms with E-state index in [-0.39, 0.29) is 5.56 Å². The average molecular weight is 384 g/mol. The lowest BCUT2D eigenvalue weighted by Crippen LogP contribution is -2.64. The standard InChI is InChI=1S/C13H17ClO9P/c1-5-4-6(14)2-3-7(5)13(19)11(17)9(16)8(15)10(23-13)12(18)24(20,21)22/h2-4,8-11,15-17,19-22H,1H3/q+1/t8-,9-,10-,11-,13?/m0/s1. The van der Waals surface area contributed by atoms with Crippen LogP contribution in [0.4, 0.5) is 0 Å². The maximum absolute atomic E-state index is 11.8. The minimum Gasteiger partial charge on any atom is -0.387 e. The van der Waals surface area contributed by atoms with Crippen molar-refractivity contribution in [3.63, 3.8) is 0 Å². The molecule has 1 aliphatic heterocycles. The van der Waals surface area contributed by atoms with Crippen LogP contribution in [0.1, 0.15) is 11.1 Å². The van der Waals surface area contributed by atoms with Gasteiger partial charge >= 0.3 is 13.5 Å². The van der Waals surface area contributed by atoms with Crippen molar-refractivity contribution >= 4 is 25.1 Å². The number of benzene rings is 1. The number of aliphatic hydroxyl groups excluding tert-OH is 3. The Kier molecular flexibility index (Phi) is 5.35. The molecule has 1 heterocycles. The molecule has 0 aromatic heterocycles. The van der Waals surface area contributed by atoms with Crippen LogP contribution in [-0.4, -0.2) is 65.0 Å². The molecule has 0 radical (unpaired) electrons. The van der Waals surface area contributed by atoms with E-state index < -0.39 is 43.7 Å². The van der Waals surface area contributed by atoms with Crippen LogP contribution in [-0.2, 0) is 15.3 Å². The van der Waals surface area contributed by atoms with E-state index in [9.17, 15) is 25.2 Å². The van der Waals surface area contributed by atoms with Gasteiger partial charge in [-0.3, -0.25) is 0 Å². The molecule has 24 heavy (non-hydrogen) atoms. The van der Waals surface area contributed by atoms with E-state index in [1.165, 1.54) is 25.1 Å². The minimum absolute atomic E-state index is 0.0686. The van der Waals surface area contributed by atoms with Crippen molar-refractivity contribution < 1.29 is 44.6 Å². The highest BCUT2D eigenvalue weighted by Gasteiger charge is 2.62. The molecule has 0 aliphatic carbocycles. The third-order valence-electron chi connectivity index (χ3n) is 3.80. The molecule has 1 aromatic rings. The Morgan fingerprint density at radius 2 is 1.79 bits per heavy atom. The van der Waals surface area contributed by atoms with Gasteiger partial charge in [-0.15, -0.1) is 0 Å². The fourth-order valence-corrected chi connectivity index (χ4v) is 3.32. The second-order valence-corrected chi connectivity index (χ2v) is 7.54. The van der Waals surface area contributed by atoms with Crippen molar-refractivity contribution in [1.82, 2.24) is 0 Å². The molecule has 1 aliphatic rings. The van der Waals surface area contributed by atoms with Crippen molar-refractivity contribution in [1.29, 1.82) is 0 Å². The largest absolute Gasteiger partial charge is 0.481 e. The molecular weight excluding hydrogens is 367 g/mol. The Balaban J connectivity index is 2.50. The monoisotopic (exact) mass is 383 g/mol. The number of carbonyl (C=O) groups excluding carboxylic acids is 1. The van der Waals surface area contributed by atoms with Gasteiger partial charge in [0, 0.05) is 10.6 Å². The fraction of sp³-hybridized carbons (Fsp3) is 0.462. The van der Waals surface area contributed by atoms with Gasteiger partial charge in [0.2, 0.25) is 5.79 Å². The molecular formula is C13H17ClO9P+. The van der Waals surface area contributed by atoms with Crippen molar-refractivity contribution in [2.45, 2.75) is 37.1 Å². The molecule has 0 saturated carbocycles. The number of aryl methyl sites for hydroxylation is 1. The molecule has 1 fully saturated rings. The molecule has 2 rings (SSSR count). The topological polar surface area (TPSA) is 168 Å². The van der Waals surface area contributed by atoms with Gasteiger partial charge in [0.05, 0.1) is 0 Å². The van der Waals surface area contributed by atoms with E-state index in [2.05, 4.69) is 0 Å². The summed E-state index contributed by atoms with van der Waals surface area (Å²) in [4.78, 5) is 39.1. The molecule has 134 valence electrons. The van der Waals surface area contributed by atoms with Gasteiger partial charge < -0.3 is 25.2 Å². The first kappa shape index (κ1) is 19.6. The summed E-state index contributed by atoms with van der Waals surface area (Å²) in [5.41, 5.74) is -1.45. The van der Waals surface area contributed by atoms with Gasteiger partial charge in [0.1, 0.15) is 18.3 Å². The minimum atomic E-state index is -5.08. The maximum Gasteiger partial charge on any atom is 0.481 e. The number of carbonyl (C=O) groups is 1. The lowest BCUT2D eigenvalue weighted by atomic mass is 9.86. The number of ether oxygens (including phenoxy) is 1. The van der Waals surface area contributed by atoms with Crippen molar-refractivity contribution in [2.75, 3.05) is 0 Å². The Bertz CT molecular complexity index is 649. The molecule has 1 saturated heterocycles. The molecule has 0 bridgehead atoms. The zero-order valence-corrected chi connectivity index (χ0v) is 14.0. The van der Waals surface area contributed by atoms with E-state index in [0.29, 0.717) is 10.6 Å². The second kappa shape index (κ2) is 6.54. The summed E-state index contributed by atoms with van der Waals surface area (Å²) in [6.07, 6.45) is -8.43. The Morgan fingerprint density at radius 3 is 2.29 bits per heavy atom. The van der Waals surface area contributed by atoms with Gasteiger partial charge in [0.25, 0.3) is 0 Å². The zero-order valence-electron chi connectivity index (χ0n) is 12.3. The van der Waals surface area contributed by atoms with Crippen LogP contribution in [0.3, 0.4) is 0 Å². The van der Waals surface area contributed by atoms with Gasteiger partial charge in [0.15, 0.2) is 6.10 Å². The summed E-state index contributed by atoms with van der Waals surface area (Å²) in [6, 6.07) is 4.04. The summed E-state index contributed by atoms with van der Waals surface area (Å²) in [6.45, 7) is 1.50. The number of hydrogen-bond acceptors (Lipinski definition) is 9. The number of aliphatic hydroxyl groups is 4. The van der Waals surface area contributed by atoms with Crippen LogP contribution < -0.4 is 0 Å². The summed E-state index contributed by atoms with van der Waals surface area (Å²) >= 11 is 5.81. The van der Waals surface area contributed by atoms with Gasteiger partial charge in [-0.05, 0) is 24.6 Å². The summed E-state index contributed by atoms with van der Waals surface area (Å²) in [7, 11) is -5.08. The number of hydrogen-bond donors (Lipinski definition) is 7. The first-order chi connectivity index (χ1) is 10.9. The Labute approximate surface area is 141 Å². The van der Waals surface area contributed by atoms with Gasteiger partial charge in [-0.25, -0.2) is 4.79 Å². The van der Waals surface area contributed by atoms with Crippen LogP contribution in [0, 0.1) is 6.92 Å².